The normalized spacial score (nSPS) is 30.0. The summed E-state index contributed by atoms with van der Waals surface area (Å²) in [4.78, 5) is -0.0370. The lowest BCUT2D eigenvalue weighted by Crippen LogP contribution is -2.50. The van der Waals surface area contributed by atoms with Gasteiger partial charge in [-0.1, -0.05) is 15.9 Å². The number of benzene rings is 1. The Bertz CT molecular complexity index is 590. The van der Waals surface area contributed by atoms with Crippen molar-refractivity contribution in [2.24, 2.45) is 0 Å². The van der Waals surface area contributed by atoms with Crippen molar-refractivity contribution in [3.05, 3.63) is 29.3 Å². The molecule has 3 atom stereocenters. The van der Waals surface area contributed by atoms with Gasteiger partial charge in [-0.15, -0.1) is 0 Å². The van der Waals surface area contributed by atoms with E-state index in [0.29, 0.717) is 5.56 Å². The first-order valence-electron chi connectivity index (χ1n) is 7.65. The van der Waals surface area contributed by atoms with Crippen LogP contribution < -0.4 is 4.74 Å². The summed E-state index contributed by atoms with van der Waals surface area (Å²) in [5.41, 5.74) is 1.11. The monoisotopic (exact) mass is 365 g/mol. The lowest BCUT2D eigenvalue weighted by molar-refractivity contribution is -0.220. The van der Waals surface area contributed by atoms with Gasteiger partial charge in [-0.25, -0.2) is 0 Å². The first-order valence-corrected chi connectivity index (χ1v) is 8.57. The summed E-state index contributed by atoms with van der Waals surface area (Å²) in [5, 5.41) is 9.10. The molecule has 0 spiro atoms. The molecule has 2 heterocycles. The highest BCUT2D eigenvalue weighted by Gasteiger charge is 2.45. The maximum absolute atomic E-state index is 9.10. The van der Waals surface area contributed by atoms with Crippen molar-refractivity contribution in [1.29, 1.82) is 5.26 Å². The van der Waals surface area contributed by atoms with Gasteiger partial charge in [0.05, 0.1) is 16.5 Å². The Morgan fingerprint density at radius 1 is 1.36 bits per heavy atom. The maximum Gasteiger partial charge on any atom is 0.158 e. The van der Waals surface area contributed by atoms with Crippen LogP contribution >= 0.6 is 15.9 Å². The fraction of sp³-hybridized carbons (Fsp3) is 0.588. The molecule has 1 unspecified atom stereocenters. The number of alkyl halides is 1. The second-order valence-corrected chi connectivity index (χ2v) is 7.31. The van der Waals surface area contributed by atoms with Crippen LogP contribution in [-0.2, 0) is 9.47 Å². The SMILES string of the molecule is CC1(C)Oc2ccc(C#N)cc2[C@H](Br)[C@H]1OC1CCCCO1. The van der Waals surface area contributed by atoms with Crippen molar-refractivity contribution in [1.82, 2.24) is 0 Å². The minimum atomic E-state index is -0.476. The zero-order chi connectivity index (χ0) is 15.7. The molecule has 0 amide bonds. The molecule has 5 heteroatoms. The van der Waals surface area contributed by atoms with E-state index in [1.807, 2.05) is 26.0 Å². The van der Waals surface area contributed by atoms with Crippen molar-refractivity contribution < 1.29 is 14.2 Å². The summed E-state index contributed by atoms with van der Waals surface area (Å²) >= 11 is 3.75. The summed E-state index contributed by atoms with van der Waals surface area (Å²) in [5.74, 6) is 0.801. The molecule has 0 N–H and O–H groups in total. The van der Waals surface area contributed by atoms with Crippen molar-refractivity contribution in [2.75, 3.05) is 6.61 Å². The van der Waals surface area contributed by atoms with Crippen LogP contribution in [0.15, 0.2) is 18.2 Å². The molecule has 3 rings (SSSR count). The minimum Gasteiger partial charge on any atom is -0.485 e. The largest absolute Gasteiger partial charge is 0.485 e. The van der Waals surface area contributed by atoms with Gasteiger partial charge in [0.15, 0.2) is 6.29 Å². The van der Waals surface area contributed by atoms with E-state index in [4.69, 9.17) is 19.5 Å². The van der Waals surface area contributed by atoms with Crippen molar-refractivity contribution in [2.45, 2.75) is 55.9 Å². The molecule has 0 aliphatic carbocycles. The number of halogens is 1. The van der Waals surface area contributed by atoms with Gasteiger partial charge in [0.2, 0.25) is 0 Å². The van der Waals surface area contributed by atoms with E-state index in [-0.39, 0.29) is 17.2 Å². The second-order valence-electron chi connectivity index (χ2n) is 6.32. The Kier molecular flexibility index (Phi) is 4.44. The predicted molar refractivity (Wildman–Crippen MR) is 86.0 cm³/mol. The van der Waals surface area contributed by atoms with Gasteiger partial charge in [-0.05, 0) is 51.3 Å². The van der Waals surface area contributed by atoms with E-state index < -0.39 is 5.60 Å². The number of fused-ring (bicyclic) bond motifs is 1. The Balaban J connectivity index is 1.87. The third kappa shape index (κ3) is 3.01. The zero-order valence-corrected chi connectivity index (χ0v) is 14.4. The van der Waals surface area contributed by atoms with E-state index in [0.717, 1.165) is 37.2 Å². The lowest BCUT2D eigenvalue weighted by atomic mass is 9.90. The highest BCUT2D eigenvalue weighted by Crippen LogP contribution is 2.46. The molecule has 1 aromatic carbocycles. The summed E-state index contributed by atoms with van der Waals surface area (Å²) < 4.78 is 18.0. The number of hydrogen-bond acceptors (Lipinski definition) is 4. The van der Waals surface area contributed by atoms with Gasteiger partial charge < -0.3 is 14.2 Å². The molecule has 2 aliphatic rings. The third-order valence-electron chi connectivity index (χ3n) is 4.20. The van der Waals surface area contributed by atoms with Gasteiger partial charge in [0.1, 0.15) is 17.5 Å². The second kappa shape index (κ2) is 6.19. The highest BCUT2D eigenvalue weighted by molar-refractivity contribution is 9.09. The smallest absolute Gasteiger partial charge is 0.158 e. The first kappa shape index (κ1) is 15.8. The molecule has 2 aliphatic heterocycles. The first-order chi connectivity index (χ1) is 10.5. The molecule has 0 saturated carbocycles. The molecule has 4 nitrogen and oxygen atoms in total. The van der Waals surface area contributed by atoms with Crippen LogP contribution in [0.5, 0.6) is 5.75 Å². The Hall–Kier alpha value is -1.09. The van der Waals surface area contributed by atoms with Crippen LogP contribution in [0.25, 0.3) is 0 Å². The fourth-order valence-corrected chi connectivity index (χ4v) is 4.12. The van der Waals surface area contributed by atoms with Crippen LogP contribution in [0.3, 0.4) is 0 Å². The number of rotatable bonds is 2. The zero-order valence-electron chi connectivity index (χ0n) is 12.8. The highest BCUT2D eigenvalue weighted by atomic mass is 79.9. The third-order valence-corrected chi connectivity index (χ3v) is 5.17. The molecule has 0 aromatic heterocycles. The molecular weight excluding hydrogens is 346 g/mol. The molecule has 1 saturated heterocycles. The average molecular weight is 366 g/mol. The molecule has 22 heavy (non-hydrogen) atoms. The van der Waals surface area contributed by atoms with Gasteiger partial charge in [0.25, 0.3) is 0 Å². The van der Waals surface area contributed by atoms with Gasteiger partial charge in [0, 0.05) is 12.2 Å². The number of nitriles is 1. The number of hydrogen-bond donors (Lipinski definition) is 0. The number of ether oxygens (including phenoxy) is 3. The average Bonchev–Trinajstić information content (AvgIpc) is 2.52. The van der Waals surface area contributed by atoms with Crippen LogP contribution in [-0.4, -0.2) is 24.6 Å². The predicted octanol–water partition coefficient (Wildman–Crippen LogP) is 4.08. The molecular formula is C17H20BrNO3. The quantitative estimate of drug-likeness (QED) is 0.741. The topological polar surface area (TPSA) is 51.5 Å². The molecule has 118 valence electrons. The maximum atomic E-state index is 9.10. The van der Waals surface area contributed by atoms with Crippen molar-refractivity contribution >= 4 is 15.9 Å². The Morgan fingerprint density at radius 2 is 2.18 bits per heavy atom. The van der Waals surface area contributed by atoms with Crippen LogP contribution in [0.2, 0.25) is 0 Å². The standard InChI is InChI=1S/C17H20BrNO3/c1-17(2)16(21-14-5-3-4-8-20-14)15(18)12-9-11(10-19)6-7-13(12)22-17/h6-7,9,14-16H,3-5,8H2,1-2H3/t14?,15-,16+/m0/s1. The summed E-state index contributed by atoms with van der Waals surface area (Å²) in [7, 11) is 0. The Labute approximate surface area is 139 Å². The summed E-state index contributed by atoms with van der Waals surface area (Å²) in [6, 6.07) is 7.67. The molecule has 0 radical (unpaired) electrons. The van der Waals surface area contributed by atoms with E-state index >= 15 is 0 Å². The summed E-state index contributed by atoms with van der Waals surface area (Å²) in [6.45, 7) is 4.80. The molecule has 0 bridgehead atoms. The molecule has 1 fully saturated rings. The van der Waals surface area contributed by atoms with Gasteiger partial charge in [-0.2, -0.15) is 5.26 Å². The van der Waals surface area contributed by atoms with Gasteiger partial charge >= 0.3 is 0 Å². The van der Waals surface area contributed by atoms with Crippen molar-refractivity contribution in [3.8, 4) is 11.8 Å². The van der Waals surface area contributed by atoms with Crippen molar-refractivity contribution in [3.63, 3.8) is 0 Å². The van der Waals surface area contributed by atoms with E-state index in [1.54, 1.807) is 6.07 Å². The summed E-state index contributed by atoms with van der Waals surface area (Å²) in [6.07, 6.45) is 2.77. The van der Waals surface area contributed by atoms with Gasteiger partial charge in [-0.3, -0.25) is 0 Å². The van der Waals surface area contributed by atoms with E-state index in [2.05, 4.69) is 22.0 Å². The lowest BCUT2D eigenvalue weighted by Gasteiger charge is -2.44. The van der Waals surface area contributed by atoms with E-state index in [9.17, 15) is 0 Å². The van der Waals surface area contributed by atoms with Crippen LogP contribution in [0.1, 0.15) is 49.1 Å². The van der Waals surface area contributed by atoms with Crippen LogP contribution in [0, 0.1) is 11.3 Å². The van der Waals surface area contributed by atoms with E-state index in [1.165, 1.54) is 0 Å². The fourth-order valence-electron chi connectivity index (χ4n) is 3.00. The minimum absolute atomic E-state index is 0.0370. The Morgan fingerprint density at radius 3 is 2.86 bits per heavy atom. The van der Waals surface area contributed by atoms with Crippen LogP contribution in [0.4, 0.5) is 0 Å². The number of nitrogens with zero attached hydrogens (tertiary/aromatic N) is 1. The molecule has 1 aromatic rings.